The van der Waals surface area contributed by atoms with Gasteiger partial charge in [-0.2, -0.15) is 0 Å². The molecule has 0 saturated heterocycles. The van der Waals surface area contributed by atoms with Gasteiger partial charge in [-0.05, 0) is 74.2 Å². The first-order valence-electron chi connectivity index (χ1n) is 10.4. The van der Waals surface area contributed by atoms with Gasteiger partial charge in [-0.1, -0.05) is 29.8 Å². The quantitative estimate of drug-likeness (QED) is 0.442. The van der Waals surface area contributed by atoms with Crippen LogP contribution in [-0.2, 0) is 14.8 Å². The number of nitrogens with one attached hydrogen (secondary N) is 1. The number of nitrogens with zero attached hydrogens (tertiary/aromatic N) is 1. The topological polar surface area (TPSA) is 75.7 Å². The van der Waals surface area contributed by atoms with Crippen molar-refractivity contribution in [2.45, 2.75) is 29.7 Å². The number of amides is 1. The molecule has 1 amide bonds. The molecule has 1 N–H and O–H groups in total. The SMILES string of the molecule is COc1ccc([C@H](C)NC(=O)CN(c2ccc(C)cc2)S(=O)(=O)c2ccc(SC)cc2)cc1. The van der Waals surface area contributed by atoms with E-state index < -0.39 is 15.9 Å². The number of rotatable bonds is 9. The third-order valence-electron chi connectivity index (χ3n) is 5.25. The molecule has 3 aromatic carbocycles. The zero-order valence-corrected chi connectivity index (χ0v) is 20.7. The van der Waals surface area contributed by atoms with E-state index in [1.165, 1.54) is 11.8 Å². The molecule has 0 spiro atoms. The van der Waals surface area contributed by atoms with Gasteiger partial charge in [0, 0.05) is 4.90 Å². The molecular formula is C25H28N2O4S2. The first kappa shape index (κ1) is 24.7. The van der Waals surface area contributed by atoms with Gasteiger partial charge in [0.1, 0.15) is 12.3 Å². The molecule has 0 aliphatic rings. The molecule has 0 unspecified atom stereocenters. The molecule has 33 heavy (non-hydrogen) atoms. The Bertz CT molecular complexity index is 1180. The van der Waals surface area contributed by atoms with Crippen molar-refractivity contribution in [3.05, 3.63) is 83.9 Å². The summed E-state index contributed by atoms with van der Waals surface area (Å²) in [7, 11) is -2.36. The molecule has 0 aliphatic heterocycles. The fraction of sp³-hybridized carbons (Fsp3) is 0.240. The van der Waals surface area contributed by atoms with Crippen molar-refractivity contribution >= 4 is 33.4 Å². The van der Waals surface area contributed by atoms with Gasteiger partial charge in [-0.25, -0.2) is 8.42 Å². The van der Waals surface area contributed by atoms with E-state index in [9.17, 15) is 13.2 Å². The smallest absolute Gasteiger partial charge is 0.264 e. The second kappa shape index (κ2) is 10.8. The number of carbonyl (C=O) groups excluding carboxylic acids is 1. The normalized spacial score (nSPS) is 12.1. The zero-order valence-electron chi connectivity index (χ0n) is 19.1. The van der Waals surface area contributed by atoms with Crippen LogP contribution in [-0.4, -0.2) is 34.2 Å². The van der Waals surface area contributed by atoms with Crippen molar-refractivity contribution < 1.29 is 17.9 Å². The van der Waals surface area contributed by atoms with E-state index in [0.29, 0.717) is 5.69 Å². The number of thioether (sulfide) groups is 1. The zero-order chi connectivity index (χ0) is 24.0. The number of hydrogen-bond acceptors (Lipinski definition) is 5. The van der Waals surface area contributed by atoms with E-state index in [-0.39, 0.29) is 17.5 Å². The molecule has 0 radical (unpaired) electrons. The van der Waals surface area contributed by atoms with Crippen molar-refractivity contribution in [1.29, 1.82) is 0 Å². The van der Waals surface area contributed by atoms with Crippen LogP contribution in [0.5, 0.6) is 5.75 Å². The van der Waals surface area contributed by atoms with Gasteiger partial charge < -0.3 is 10.1 Å². The molecule has 174 valence electrons. The average Bonchev–Trinajstić information content (AvgIpc) is 2.83. The Morgan fingerprint density at radius 1 is 1.00 bits per heavy atom. The molecule has 0 aliphatic carbocycles. The van der Waals surface area contributed by atoms with Crippen molar-refractivity contribution in [2.75, 3.05) is 24.2 Å². The molecule has 1 atom stereocenters. The lowest BCUT2D eigenvalue weighted by atomic mass is 10.1. The number of sulfonamides is 1. The monoisotopic (exact) mass is 484 g/mol. The van der Waals surface area contributed by atoms with Crippen molar-refractivity contribution in [3.8, 4) is 5.75 Å². The summed E-state index contributed by atoms with van der Waals surface area (Å²) < 4.78 is 33.3. The van der Waals surface area contributed by atoms with Crippen molar-refractivity contribution in [2.24, 2.45) is 0 Å². The van der Waals surface area contributed by atoms with E-state index in [4.69, 9.17) is 4.74 Å². The van der Waals surface area contributed by atoms with Crippen LogP contribution < -0.4 is 14.4 Å². The Balaban J connectivity index is 1.86. The highest BCUT2D eigenvalue weighted by atomic mass is 32.2. The molecule has 3 rings (SSSR count). The van der Waals surface area contributed by atoms with E-state index >= 15 is 0 Å². The number of methoxy groups -OCH3 is 1. The lowest BCUT2D eigenvalue weighted by Crippen LogP contribution is -2.41. The summed E-state index contributed by atoms with van der Waals surface area (Å²) in [5.74, 6) is 0.324. The van der Waals surface area contributed by atoms with Gasteiger partial charge in [0.15, 0.2) is 0 Å². The Hall–Kier alpha value is -2.97. The second-order valence-corrected chi connectivity index (χ2v) is 10.3. The Morgan fingerprint density at radius 3 is 2.15 bits per heavy atom. The fourth-order valence-electron chi connectivity index (χ4n) is 3.29. The van der Waals surface area contributed by atoms with Crippen LogP contribution in [0.25, 0.3) is 0 Å². The first-order chi connectivity index (χ1) is 15.7. The van der Waals surface area contributed by atoms with Crippen LogP contribution in [0.15, 0.2) is 82.6 Å². The third-order valence-corrected chi connectivity index (χ3v) is 7.78. The minimum Gasteiger partial charge on any atom is -0.497 e. The molecule has 0 fully saturated rings. The van der Waals surface area contributed by atoms with E-state index in [2.05, 4.69) is 5.32 Å². The van der Waals surface area contributed by atoms with Crippen molar-refractivity contribution in [3.63, 3.8) is 0 Å². The van der Waals surface area contributed by atoms with Gasteiger partial charge in [-0.3, -0.25) is 9.10 Å². The molecule has 3 aromatic rings. The molecule has 0 aromatic heterocycles. The molecule has 0 heterocycles. The minimum atomic E-state index is -3.95. The van der Waals surface area contributed by atoms with Crippen LogP contribution >= 0.6 is 11.8 Å². The maximum atomic E-state index is 13.5. The standard InChI is InChI=1S/C25H28N2O4S2/c1-18-5-9-21(10-6-18)27(33(29,30)24-15-13-23(32-4)14-16-24)17-25(28)26-19(2)20-7-11-22(31-3)12-8-20/h5-16,19H,17H2,1-4H3,(H,26,28)/t19-/m0/s1. The maximum Gasteiger partial charge on any atom is 0.264 e. The molecular weight excluding hydrogens is 456 g/mol. The Morgan fingerprint density at radius 2 is 1.61 bits per heavy atom. The van der Waals surface area contributed by atoms with Gasteiger partial charge in [-0.15, -0.1) is 11.8 Å². The van der Waals surface area contributed by atoms with Gasteiger partial charge in [0.2, 0.25) is 5.91 Å². The summed E-state index contributed by atoms with van der Waals surface area (Å²) in [6.45, 7) is 3.44. The van der Waals surface area contributed by atoms with Crippen LogP contribution in [0.2, 0.25) is 0 Å². The molecule has 8 heteroatoms. The third kappa shape index (κ3) is 6.09. The fourth-order valence-corrected chi connectivity index (χ4v) is 5.12. The van der Waals surface area contributed by atoms with Crippen LogP contribution in [0.4, 0.5) is 5.69 Å². The average molecular weight is 485 g/mol. The summed E-state index contributed by atoms with van der Waals surface area (Å²) in [5.41, 5.74) is 2.32. The summed E-state index contributed by atoms with van der Waals surface area (Å²) in [6, 6.07) is 20.8. The largest absolute Gasteiger partial charge is 0.497 e. The number of ether oxygens (including phenoxy) is 1. The predicted octanol–water partition coefficient (Wildman–Crippen LogP) is 4.80. The number of benzene rings is 3. The number of hydrogen-bond donors (Lipinski definition) is 1. The van der Waals surface area contributed by atoms with Crippen LogP contribution in [0.3, 0.4) is 0 Å². The van der Waals surface area contributed by atoms with Gasteiger partial charge in [0.05, 0.1) is 23.7 Å². The van der Waals surface area contributed by atoms with Crippen LogP contribution in [0, 0.1) is 6.92 Å². The lowest BCUT2D eigenvalue weighted by molar-refractivity contribution is -0.120. The molecule has 0 bridgehead atoms. The molecule has 0 saturated carbocycles. The van der Waals surface area contributed by atoms with Gasteiger partial charge >= 0.3 is 0 Å². The maximum absolute atomic E-state index is 13.5. The molecule has 6 nitrogen and oxygen atoms in total. The Labute approximate surface area is 200 Å². The highest BCUT2D eigenvalue weighted by Gasteiger charge is 2.27. The summed E-state index contributed by atoms with van der Waals surface area (Å²) >= 11 is 1.53. The first-order valence-corrected chi connectivity index (χ1v) is 13.1. The minimum absolute atomic E-state index is 0.136. The van der Waals surface area contributed by atoms with E-state index in [0.717, 1.165) is 26.1 Å². The van der Waals surface area contributed by atoms with Crippen LogP contribution in [0.1, 0.15) is 24.1 Å². The summed E-state index contributed by atoms with van der Waals surface area (Å²) in [4.78, 5) is 14.0. The second-order valence-electron chi connectivity index (χ2n) is 7.59. The number of carbonyl (C=O) groups is 1. The number of anilines is 1. The predicted molar refractivity (Wildman–Crippen MR) is 133 cm³/mol. The van der Waals surface area contributed by atoms with Crippen molar-refractivity contribution in [1.82, 2.24) is 5.32 Å². The van der Waals surface area contributed by atoms with Gasteiger partial charge in [0.25, 0.3) is 10.0 Å². The number of aryl methyl sites for hydroxylation is 1. The lowest BCUT2D eigenvalue weighted by Gasteiger charge is -2.25. The highest BCUT2D eigenvalue weighted by Crippen LogP contribution is 2.26. The summed E-state index contributed by atoms with van der Waals surface area (Å²) in [5, 5.41) is 2.90. The highest BCUT2D eigenvalue weighted by molar-refractivity contribution is 7.98. The Kier molecular flexibility index (Phi) is 8.05. The van der Waals surface area contributed by atoms with E-state index in [1.807, 2.05) is 56.5 Å². The summed E-state index contributed by atoms with van der Waals surface area (Å²) in [6.07, 6.45) is 1.93. The van der Waals surface area contributed by atoms with E-state index in [1.54, 1.807) is 43.5 Å².